The molecule has 0 fully saturated rings. The minimum Gasteiger partial charge on any atom is -0.467 e. The van der Waals surface area contributed by atoms with Gasteiger partial charge in [-0.15, -0.1) is 0 Å². The first-order valence-corrected chi connectivity index (χ1v) is 8.55. The Morgan fingerprint density at radius 1 is 1.08 bits per heavy atom. The van der Waals surface area contributed by atoms with Crippen molar-refractivity contribution in [1.82, 2.24) is 16.0 Å². The maximum Gasteiger partial charge on any atom is 0.315 e. The largest absolute Gasteiger partial charge is 0.467 e. The molecule has 1 aliphatic carbocycles. The number of hydrogen-bond donors (Lipinski definition) is 3. The second kappa shape index (κ2) is 7.88. The molecule has 3 amide bonds. The standard InChI is InChI=1S/C19H23N3O3/c1-13-8-9-17(16-7-3-2-6-15(13)16)22-19(24)21-12-18(23)20-11-14-5-4-10-25-14/h2-7,10,13,17H,8-9,11-12H2,1H3,(H,20,23)(H2,21,22,24). The van der Waals surface area contributed by atoms with Crippen LogP contribution in [0.25, 0.3) is 0 Å². The van der Waals surface area contributed by atoms with Crippen LogP contribution in [0.2, 0.25) is 0 Å². The van der Waals surface area contributed by atoms with Crippen molar-refractivity contribution in [2.45, 2.75) is 38.3 Å². The monoisotopic (exact) mass is 341 g/mol. The third kappa shape index (κ3) is 4.41. The van der Waals surface area contributed by atoms with E-state index in [1.165, 1.54) is 11.1 Å². The molecule has 1 heterocycles. The highest BCUT2D eigenvalue weighted by atomic mass is 16.3. The zero-order chi connectivity index (χ0) is 17.6. The van der Waals surface area contributed by atoms with Crippen LogP contribution in [0.1, 0.15) is 48.6 Å². The topological polar surface area (TPSA) is 83.4 Å². The van der Waals surface area contributed by atoms with Crippen LogP contribution < -0.4 is 16.0 Å². The zero-order valence-corrected chi connectivity index (χ0v) is 14.2. The Kier molecular flexibility index (Phi) is 5.38. The van der Waals surface area contributed by atoms with Crippen molar-refractivity contribution in [3.63, 3.8) is 0 Å². The van der Waals surface area contributed by atoms with Gasteiger partial charge in [0.15, 0.2) is 0 Å². The molecule has 132 valence electrons. The van der Waals surface area contributed by atoms with Gasteiger partial charge in [-0.25, -0.2) is 4.79 Å². The van der Waals surface area contributed by atoms with Gasteiger partial charge in [0, 0.05) is 0 Å². The lowest BCUT2D eigenvalue weighted by Gasteiger charge is -2.30. The van der Waals surface area contributed by atoms with E-state index in [-0.39, 0.29) is 24.5 Å². The van der Waals surface area contributed by atoms with Gasteiger partial charge >= 0.3 is 6.03 Å². The van der Waals surface area contributed by atoms with E-state index in [0.29, 0.717) is 18.2 Å². The van der Waals surface area contributed by atoms with Gasteiger partial charge in [0.25, 0.3) is 0 Å². The van der Waals surface area contributed by atoms with Crippen molar-refractivity contribution >= 4 is 11.9 Å². The number of benzene rings is 1. The molecule has 3 N–H and O–H groups in total. The summed E-state index contributed by atoms with van der Waals surface area (Å²) in [4.78, 5) is 23.9. The summed E-state index contributed by atoms with van der Waals surface area (Å²) >= 11 is 0. The van der Waals surface area contributed by atoms with Crippen molar-refractivity contribution in [2.24, 2.45) is 0 Å². The first kappa shape index (κ1) is 17.1. The fourth-order valence-electron chi connectivity index (χ4n) is 3.19. The van der Waals surface area contributed by atoms with E-state index >= 15 is 0 Å². The number of nitrogens with one attached hydrogen (secondary N) is 3. The van der Waals surface area contributed by atoms with Crippen LogP contribution in [0.15, 0.2) is 47.1 Å². The van der Waals surface area contributed by atoms with E-state index in [9.17, 15) is 9.59 Å². The maximum atomic E-state index is 12.1. The fraction of sp³-hybridized carbons (Fsp3) is 0.368. The lowest BCUT2D eigenvalue weighted by Crippen LogP contribution is -2.43. The SMILES string of the molecule is CC1CCC(NC(=O)NCC(=O)NCc2ccco2)c2ccccc21. The Morgan fingerprint density at radius 3 is 2.64 bits per heavy atom. The maximum absolute atomic E-state index is 12.1. The van der Waals surface area contributed by atoms with E-state index < -0.39 is 0 Å². The molecule has 0 aliphatic heterocycles. The van der Waals surface area contributed by atoms with Crippen molar-refractivity contribution in [2.75, 3.05) is 6.54 Å². The molecular weight excluding hydrogens is 318 g/mol. The molecule has 0 spiro atoms. The number of carbonyl (C=O) groups is 2. The number of rotatable bonds is 5. The first-order chi connectivity index (χ1) is 12.1. The summed E-state index contributed by atoms with van der Waals surface area (Å²) in [7, 11) is 0. The Morgan fingerprint density at radius 2 is 1.88 bits per heavy atom. The molecule has 6 nitrogen and oxygen atoms in total. The first-order valence-electron chi connectivity index (χ1n) is 8.55. The summed E-state index contributed by atoms with van der Waals surface area (Å²) in [6.45, 7) is 2.44. The molecule has 0 saturated heterocycles. The molecule has 0 saturated carbocycles. The minimum atomic E-state index is -0.331. The van der Waals surface area contributed by atoms with Crippen molar-refractivity contribution in [3.8, 4) is 0 Å². The van der Waals surface area contributed by atoms with Gasteiger partial charge in [-0.05, 0) is 42.0 Å². The second-order valence-electron chi connectivity index (χ2n) is 6.34. The predicted molar refractivity (Wildman–Crippen MR) is 93.9 cm³/mol. The normalized spacial score (nSPS) is 18.9. The molecule has 2 aromatic rings. The van der Waals surface area contributed by atoms with Crippen LogP contribution in [0, 0.1) is 0 Å². The fourth-order valence-corrected chi connectivity index (χ4v) is 3.19. The second-order valence-corrected chi connectivity index (χ2v) is 6.34. The number of amides is 3. The van der Waals surface area contributed by atoms with Gasteiger partial charge in [0.2, 0.25) is 5.91 Å². The third-order valence-electron chi connectivity index (χ3n) is 4.55. The third-order valence-corrected chi connectivity index (χ3v) is 4.55. The number of carbonyl (C=O) groups excluding carboxylic acids is 2. The van der Waals surface area contributed by atoms with Crippen LogP contribution in [0.3, 0.4) is 0 Å². The predicted octanol–water partition coefficient (Wildman–Crippen LogP) is 2.83. The Hall–Kier alpha value is -2.76. The van der Waals surface area contributed by atoms with E-state index in [1.807, 2.05) is 12.1 Å². The van der Waals surface area contributed by atoms with Gasteiger partial charge in [-0.1, -0.05) is 31.2 Å². The molecule has 1 aromatic heterocycles. The number of hydrogen-bond acceptors (Lipinski definition) is 3. The average molecular weight is 341 g/mol. The molecule has 6 heteroatoms. The van der Waals surface area contributed by atoms with Crippen LogP contribution >= 0.6 is 0 Å². The highest BCUT2D eigenvalue weighted by molar-refractivity contribution is 5.84. The average Bonchev–Trinajstić information content (AvgIpc) is 3.14. The van der Waals surface area contributed by atoms with Gasteiger partial charge < -0.3 is 20.4 Å². The summed E-state index contributed by atoms with van der Waals surface area (Å²) in [5.41, 5.74) is 2.45. The molecule has 3 rings (SSSR count). The molecule has 2 unspecified atom stereocenters. The lowest BCUT2D eigenvalue weighted by atomic mass is 9.81. The van der Waals surface area contributed by atoms with Gasteiger partial charge in [0.1, 0.15) is 5.76 Å². The molecule has 0 radical (unpaired) electrons. The molecule has 2 atom stereocenters. The smallest absolute Gasteiger partial charge is 0.315 e. The Bertz CT molecular complexity index is 727. The highest BCUT2D eigenvalue weighted by Crippen LogP contribution is 2.36. The summed E-state index contributed by atoms with van der Waals surface area (Å²) < 4.78 is 5.14. The molecule has 1 aliphatic rings. The summed E-state index contributed by atoms with van der Waals surface area (Å²) in [6, 6.07) is 11.4. The van der Waals surface area contributed by atoms with Crippen LogP contribution in [0.5, 0.6) is 0 Å². The van der Waals surface area contributed by atoms with Crippen LogP contribution in [0.4, 0.5) is 4.79 Å². The van der Waals surface area contributed by atoms with Gasteiger partial charge in [-0.3, -0.25) is 4.79 Å². The zero-order valence-electron chi connectivity index (χ0n) is 14.2. The Balaban J connectivity index is 1.46. The quantitative estimate of drug-likeness (QED) is 0.782. The summed E-state index contributed by atoms with van der Waals surface area (Å²) in [6.07, 6.45) is 3.48. The van der Waals surface area contributed by atoms with Crippen LogP contribution in [-0.2, 0) is 11.3 Å². The van der Waals surface area contributed by atoms with E-state index in [1.54, 1.807) is 18.4 Å². The number of furan rings is 1. The molecule has 0 bridgehead atoms. The molecule has 25 heavy (non-hydrogen) atoms. The van der Waals surface area contributed by atoms with Gasteiger partial charge in [-0.2, -0.15) is 0 Å². The van der Waals surface area contributed by atoms with Crippen molar-refractivity contribution in [1.29, 1.82) is 0 Å². The van der Waals surface area contributed by atoms with Crippen molar-refractivity contribution < 1.29 is 14.0 Å². The van der Waals surface area contributed by atoms with Gasteiger partial charge in [0.05, 0.1) is 25.4 Å². The Labute approximate surface area is 147 Å². The number of fused-ring (bicyclic) bond motifs is 1. The summed E-state index contributed by atoms with van der Waals surface area (Å²) in [5, 5.41) is 8.27. The summed E-state index contributed by atoms with van der Waals surface area (Å²) in [5.74, 6) is 0.916. The highest BCUT2D eigenvalue weighted by Gasteiger charge is 2.25. The number of urea groups is 1. The van der Waals surface area contributed by atoms with Crippen molar-refractivity contribution in [3.05, 3.63) is 59.5 Å². The lowest BCUT2D eigenvalue weighted by molar-refractivity contribution is -0.120. The molecular formula is C19H23N3O3. The van der Waals surface area contributed by atoms with E-state index in [2.05, 4.69) is 35.0 Å². The van der Waals surface area contributed by atoms with Crippen LogP contribution in [-0.4, -0.2) is 18.5 Å². The minimum absolute atomic E-state index is 0.0152. The van der Waals surface area contributed by atoms with E-state index in [4.69, 9.17) is 4.42 Å². The molecule has 1 aromatic carbocycles. The van der Waals surface area contributed by atoms with E-state index in [0.717, 1.165) is 12.8 Å².